The number of carboxylic acids is 1. The fourth-order valence-electron chi connectivity index (χ4n) is 1.60. The van der Waals surface area contributed by atoms with Gasteiger partial charge in [0.05, 0.1) is 0 Å². The number of amides is 1. The number of carbonyl (C=O) groups excluding carboxylic acids is 2. The Kier molecular flexibility index (Phi) is 5.23. The van der Waals surface area contributed by atoms with E-state index < -0.39 is 17.9 Å². The second-order valence-electron chi connectivity index (χ2n) is 4.33. The van der Waals surface area contributed by atoms with Crippen LogP contribution >= 0.6 is 0 Å². The Bertz CT molecular complexity index is 496. The van der Waals surface area contributed by atoms with Gasteiger partial charge in [-0.3, -0.25) is 9.59 Å². The molecule has 0 fully saturated rings. The summed E-state index contributed by atoms with van der Waals surface area (Å²) >= 11 is 0. The Morgan fingerprint density at radius 2 is 2.00 bits per heavy atom. The molecule has 0 radical (unpaired) electrons. The predicted octanol–water partition coefficient (Wildman–Crippen LogP) is 1.55. The number of ketones is 1. The van der Waals surface area contributed by atoms with E-state index in [4.69, 9.17) is 5.11 Å². The lowest BCUT2D eigenvalue weighted by Gasteiger charge is -2.13. The van der Waals surface area contributed by atoms with Gasteiger partial charge in [-0.05, 0) is 19.1 Å². The third-order valence-electron chi connectivity index (χ3n) is 2.71. The molecule has 0 heterocycles. The highest BCUT2D eigenvalue weighted by Gasteiger charge is 2.22. The second-order valence-corrected chi connectivity index (χ2v) is 4.33. The first-order valence-corrected chi connectivity index (χ1v) is 6.06. The minimum absolute atomic E-state index is 0.191. The van der Waals surface area contributed by atoms with Crippen molar-refractivity contribution in [2.45, 2.75) is 32.7 Å². The van der Waals surface area contributed by atoms with Crippen LogP contribution in [0.3, 0.4) is 0 Å². The van der Waals surface area contributed by atoms with Gasteiger partial charge in [0, 0.05) is 18.4 Å². The molecule has 5 heteroatoms. The number of carboxylic acid groups (broad SMARTS) is 1. The van der Waals surface area contributed by atoms with Crippen molar-refractivity contribution in [3.63, 3.8) is 0 Å². The topological polar surface area (TPSA) is 83.5 Å². The number of aryl methyl sites for hydroxylation is 1. The highest BCUT2D eigenvalue weighted by atomic mass is 16.4. The van der Waals surface area contributed by atoms with Crippen LogP contribution in [0.4, 0.5) is 0 Å². The number of carbonyl (C=O) groups is 3. The first-order chi connectivity index (χ1) is 8.93. The van der Waals surface area contributed by atoms with Crippen LogP contribution in [0.1, 0.15) is 35.7 Å². The van der Waals surface area contributed by atoms with Gasteiger partial charge in [0.15, 0.2) is 0 Å². The Hall–Kier alpha value is -2.17. The molecule has 0 saturated carbocycles. The number of rotatable bonds is 6. The molecule has 1 atom stereocenters. The molecule has 0 bridgehead atoms. The zero-order chi connectivity index (χ0) is 14.4. The Morgan fingerprint density at radius 3 is 2.53 bits per heavy atom. The Labute approximate surface area is 111 Å². The van der Waals surface area contributed by atoms with Crippen molar-refractivity contribution >= 4 is 17.7 Å². The van der Waals surface area contributed by atoms with Crippen molar-refractivity contribution in [3.8, 4) is 0 Å². The van der Waals surface area contributed by atoms with Crippen LogP contribution in [0.15, 0.2) is 24.3 Å². The van der Waals surface area contributed by atoms with E-state index in [9.17, 15) is 14.4 Å². The second kappa shape index (κ2) is 6.68. The summed E-state index contributed by atoms with van der Waals surface area (Å²) in [5, 5.41) is 11.4. The van der Waals surface area contributed by atoms with Crippen LogP contribution in [0, 0.1) is 6.92 Å². The normalized spacial score (nSPS) is 11.7. The summed E-state index contributed by atoms with van der Waals surface area (Å²) in [5.41, 5.74) is 1.29. The highest BCUT2D eigenvalue weighted by Crippen LogP contribution is 2.05. The average molecular weight is 263 g/mol. The van der Waals surface area contributed by atoms with Crippen LogP contribution in [0.25, 0.3) is 0 Å². The minimum Gasteiger partial charge on any atom is -0.480 e. The third kappa shape index (κ3) is 4.54. The minimum atomic E-state index is -1.21. The molecule has 1 amide bonds. The third-order valence-corrected chi connectivity index (χ3v) is 2.71. The summed E-state index contributed by atoms with van der Waals surface area (Å²) < 4.78 is 0. The van der Waals surface area contributed by atoms with Crippen LogP contribution in [-0.4, -0.2) is 28.8 Å². The fraction of sp³-hybridized carbons (Fsp3) is 0.357. The van der Waals surface area contributed by atoms with E-state index in [0.717, 1.165) is 5.56 Å². The molecule has 19 heavy (non-hydrogen) atoms. The fourth-order valence-corrected chi connectivity index (χ4v) is 1.60. The maximum Gasteiger partial charge on any atom is 0.326 e. The van der Waals surface area contributed by atoms with Crippen molar-refractivity contribution < 1.29 is 19.5 Å². The lowest BCUT2D eigenvalue weighted by atomic mass is 10.1. The summed E-state index contributed by atoms with van der Waals surface area (Å²) in [5.74, 6) is -1.89. The number of nitrogens with one attached hydrogen (secondary N) is 1. The van der Waals surface area contributed by atoms with Gasteiger partial charge in [0.2, 0.25) is 0 Å². The van der Waals surface area contributed by atoms with Crippen molar-refractivity contribution in [3.05, 3.63) is 35.4 Å². The molecule has 0 aliphatic carbocycles. The first-order valence-electron chi connectivity index (χ1n) is 6.06. The molecule has 0 aromatic heterocycles. The van der Waals surface area contributed by atoms with E-state index in [-0.39, 0.29) is 18.6 Å². The number of Topliss-reactive ketones (excluding diaryl/α,β-unsaturated/α-hetero) is 1. The standard InChI is InChI=1S/C14H17NO4/c1-3-11(16)8-12(14(18)19)15-13(17)10-6-4-5-9(2)7-10/h4-7,12H,3,8H2,1-2H3,(H,15,17)(H,18,19). The Morgan fingerprint density at radius 1 is 1.32 bits per heavy atom. The summed E-state index contributed by atoms with van der Waals surface area (Å²) in [6, 6.07) is 5.64. The van der Waals surface area contributed by atoms with Crippen LogP contribution < -0.4 is 5.32 Å². The van der Waals surface area contributed by atoms with Gasteiger partial charge >= 0.3 is 5.97 Å². The number of hydrogen-bond donors (Lipinski definition) is 2. The lowest BCUT2D eigenvalue weighted by molar-refractivity contribution is -0.141. The monoisotopic (exact) mass is 263 g/mol. The number of hydrogen-bond acceptors (Lipinski definition) is 3. The number of benzene rings is 1. The zero-order valence-corrected chi connectivity index (χ0v) is 11.0. The SMILES string of the molecule is CCC(=O)CC(NC(=O)c1cccc(C)c1)C(=O)O. The Balaban J connectivity index is 2.77. The van der Waals surface area contributed by atoms with Gasteiger partial charge in [0.25, 0.3) is 5.91 Å². The maximum atomic E-state index is 11.9. The molecule has 5 nitrogen and oxygen atoms in total. The average Bonchev–Trinajstić information content (AvgIpc) is 2.37. The van der Waals surface area contributed by atoms with Crippen molar-refractivity contribution in [2.75, 3.05) is 0 Å². The van der Waals surface area contributed by atoms with Gasteiger partial charge in [0.1, 0.15) is 11.8 Å². The zero-order valence-electron chi connectivity index (χ0n) is 11.0. The van der Waals surface area contributed by atoms with Crippen molar-refractivity contribution in [1.29, 1.82) is 0 Å². The summed E-state index contributed by atoms with van der Waals surface area (Å²) in [4.78, 5) is 34.2. The summed E-state index contributed by atoms with van der Waals surface area (Å²) in [6.45, 7) is 3.50. The molecule has 0 aliphatic rings. The molecular formula is C14H17NO4. The van der Waals surface area contributed by atoms with Crippen LogP contribution in [0.2, 0.25) is 0 Å². The molecule has 0 aliphatic heterocycles. The molecule has 1 aromatic carbocycles. The molecule has 1 unspecified atom stereocenters. The van der Waals surface area contributed by atoms with E-state index >= 15 is 0 Å². The molecule has 2 N–H and O–H groups in total. The quantitative estimate of drug-likeness (QED) is 0.815. The molecule has 1 aromatic rings. The van der Waals surface area contributed by atoms with E-state index in [1.54, 1.807) is 25.1 Å². The van der Waals surface area contributed by atoms with Crippen molar-refractivity contribution in [2.24, 2.45) is 0 Å². The van der Waals surface area contributed by atoms with Gasteiger partial charge in [-0.1, -0.05) is 24.6 Å². The van der Waals surface area contributed by atoms with E-state index in [2.05, 4.69) is 5.32 Å². The molecule has 1 rings (SSSR count). The smallest absolute Gasteiger partial charge is 0.326 e. The van der Waals surface area contributed by atoms with Crippen LogP contribution in [0.5, 0.6) is 0 Å². The largest absolute Gasteiger partial charge is 0.480 e. The lowest BCUT2D eigenvalue weighted by Crippen LogP contribution is -2.42. The molecule has 102 valence electrons. The van der Waals surface area contributed by atoms with E-state index in [0.29, 0.717) is 5.56 Å². The van der Waals surface area contributed by atoms with E-state index in [1.807, 2.05) is 13.0 Å². The maximum absolute atomic E-state index is 11.9. The molecule has 0 saturated heterocycles. The van der Waals surface area contributed by atoms with Gasteiger partial charge in [-0.15, -0.1) is 0 Å². The first kappa shape index (κ1) is 14.9. The molecular weight excluding hydrogens is 246 g/mol. The van der Waals surface area contributed by atoms with Crippen LogP contribution in [-0.2, 0) is 9.59 Å². The molecule has 0 spiro atoms. The van der Waals surface area contributed by atoms with Crippen molar-refractivity contribution in [1.82, 2.24) is 5.32 Å². The van der Waals surface area contributed by atoms with E-state index in [1.165, 1.54) is 0 Å². The predicted molar refractivity (Wildman–Crippen MR) is 70.0 cm³/mol. The highest BCUT2D eigenvalue weighted by molar-refractivity contribution is 5.97. The van der Waals surface area contributed by atoms with Gasteiger partial charge < -0.3 is 10.4 Å². The van der Waals surface area contributed by atoms with Gasteiger partial charge in [-0.2, -0.15) is 0 Å². The summed E-state index contributed by atoms with van der Waals surface area (Å²) in [7, 11) is 0. The number of aliphatic carboxylic acids is 1. The summed E-state index contributed by atoms with van der Waals surface area (Å²) in [6.07, 6.45) is 0.0630. The van der Waals surface area contributed by atoms with Gasteiger partial charge in [-0.25, -0.2) is 4.79 Å².